The highest BCUT2D eigenvalue weighted by Gasteiger charge is 2.49. The second kappa shape index (κ2) is 8.95. The van der Waals surface area contributed by atoms with Crippen molar-refractivity contribution >= 4 is 46.0 Å². The van der Waals surface area contributed by atoms with E-state index in [-0.39, 0.29) is 11.4 Å². The molecule has 0 amide bonds. The lowest BCUT2D eigenvalue weighted by atomic mass is 9.73. The number of nitrogens with zero attached hydrogens (tertiary/aromatic N) is 2. The molecule has 0 fully saturated rings. The summed E-state index contributed by atoms with van der Waals surface area (Å²) in [5.41, 5.74) is 21.7. The van der Waals surface area contributed by atoms with Crippen LogP contribution in [0.2, 0.25) is 0 Å². The SMILES string of the molecule is Nc1ccc2c(c1)CC1(Cc3cc(N)ccc3/C1=C\c1ccc([N+](=O)[O-])cc1)/C2=C/c1ccc([N+](=O)[O-])cc1. The van der Waals surface area contributed by atoms with Crippen LogP contribution in [-0.2, 0) is 12.8 Å². The summed E-state index contributed by atoms with van der Waals surface area (Å²) in [6, 6.07) is 24.9. The molecule has 8 nitrogen and oxygen atoms in total. The maximum Gasteiger partial charge on any atom is 0.269 e. The first-order valence-corrected chi connectivity index (χ1v) is 12.4. The minimum Gasteiger partial charge on any atom is -0.399 e. The molecule has 0 aromatic heterocycles. The molecule has 0 unspecified atom stereocenters. The lowest BCUT2D eigenvalue weighted by molar-refractivity contribution is -0.385. The normalized spacial score (nSPS) is 19.4. The number of benzene rings is 4. The number of nitro groups is 2. The molecule has 0 heterocycles. The minimum absolute atomic E-state index is 0.0361. The van der Waals surface area contributed by atoms with Crippen molar-refractivity contribution in [1.29, 1.82) is 0 Å². The van der Waals surface area contributed by atoms with Gasteiger partial charge in [0.2, 0.25) is 0 Å². The Hall–Kier alpha value is -5.24. The fourth-order valence-corrected chi connectivity index (χ4v) is 5.95. The number of nitrogens with two attached hydrogens (primary N) is 2. The number of nitro benzene ring substituents is 2. The number of non-ortho nitro benzene ring substituents is 2. The van der Waals surface area contributed by atoms with Gasteiger partial charge < -0.3 is 11.5 Å². The first-order valence-electron chi connectivity index (χ1n) is 12.4. The quantitative estimate of drug-likeness (QED) is 0.179. The van der Waals surface area contributed by atoms with Crippen LogP contribution in [0.25, 0.3) is 23.3 Å². The minimum atomic E-state index is -0.449. The Bertz CT molecular complexity index is 1590. The number of rotatable bonds is 4. The van der Waals surface area contributed by atoms with Crippen LogP contribution in [0.15, 0.2) is 84.9 Å². The van der Waals surface area contributed by atoms with Gasteiger partial charge in [-0.05, 0) is 106 Å². The summed E-state index contributed by atoms with van der Waals surface area (Å²) in [4.78, 5) is 21.6. The summed E-state index contributed by atoms with van der Waals surface area (Å²) >= 11 is 0. The molecule has 39 heavy (non-hydrogen) atoms. The largest absolute Gasteiger partial charge is 0.399 e. The van der Waals surface area contributed by atoms with Crippen LogP contribution in [0.5, 0.6) is 0 Å². The van der Waals surface area contributed by atoms with Crippen LogP contribution >= 0.6 is 0 Å². The van der Waals surface area contributed by atoms with Crippen LogP contribution in [0, 0.1) is 25.6 Å². The maximum absolute atomic E-state index is 11.2. The summed E-state index contributed by atoms with van der Waals surface area (Å²) in [6.07, 6.45) is 5.62. The van der Waals surface area contributed by atoms with Gasteiger partial charge in [-0.25, -0.2) is 0 Å². The van der Waals surface area contributed by atoms with Crippen molar-refractivity contribution in [1.82, 2.24) is 0 Å². The van der Waals surface area contributed by atoms with Crippen molar-refractivity contribution in [3.63, 3.8) is 0 Å². The Labute approximate surface area is 224 Å². The van der Waals surface area contributed by atoms with E-state index in [4.69, 9.17) is 11.5 Å². The standard InChI is InChI=1S/C31H24N4O4/c32-23-5-11-27-21(15-23)17-31(29(27)13-19-1-7-25(8-2-19)34(36)37)18-22-16-24(33)6-12-28(22)30(31)14-20-3-9-26(10-4-20)35(38)39/h1-16H,17-18,32-33H2/b29-13+,30-14+. The molecular weight excluding hydrogens is 492 g/mol. The molecular formula is C31H24N4O4. The number of hydrogen-bond acceptors (Lipinski definition) is 6. The number of hydrogen-bond donors (Lipinski definition) is 2. The molecule has 0 radical (unpaired) electrons. The molecule has 8 heteroatoms. The third-order valence-electron chi connectivity index (χ3n) is 7.68. The van der Waals surface area contributed by atoms with E-state index in [0.29, 0.717) is 24.2 Å². The zero-order valence-corrected chi connectivity index (χ0v) is 20.8. The van der Waals surface area contributed by atoms with Crippen molar-refractivity contribution in [3.05, 3.63) is 139 Å². The van der Waals surface area contributed by atoms with Gasteiger partial charge in [0, 0.05) is 41.1 Å². The Morgan fingerprint density at radius 3 is 1.36 bits per heavy atom. The summed E-state index contributed by atoms with van der Waals surface area (Å²) in [6.45, 7) is 0. The van der Waals surface area contributed by atoms with E-state index in [1.807, 2.05) is 36.4 Å². The van der Waals surface area contributed by atoms with Gasteiger partial charge in [0.15, 0.2) is 0 Å². The van der Waals surface area contributed by atoms with Crippen molar-refractivity contribution in [2.75, 3.05) is 11.5 Å². The topological polar surface area (TPSA) is 138 Å². The zero-order valence-electron chi connectivity index (χ0n) is 20.8. The molecule has 0 aliphatic heterocycles. The van der Waals surface area contributed by atoms with Crippen LogP contribution in [0.1, 0.15) is 33.4 Å². The zero-order chi connectivity index (χ0) is 27.3. The second-order valence-electron chi connectivity index (χ2n) is 10.1. The van der Waals surface area contributed by atoms with Crippen molar-refractivity contribution in [2.24, 2.45) is 5.41 Å². The molecule has 4 aromatic rings. The Morgan fingerprint density at radius 1 is 0.615 bits per heavy atom. The van der Waals surface area contributed by atoms with Crippen molar-refractivity contribution < 1.29 is 9.85 Å². The Kier molecular flexibility index (Phi) is 5.54. The van der Waals surface area contributed by atoms with Gasteiger partial charge >= 0.3 is 0 Å². The van der Waals surface area contributed by atoms with Crippen LogP contribution < -0.4 is 11.5 Å². The molecule has 4 N–H and O–H groups in total. The molecule has 192 valence electrons. The van der Waals surface area contributed by atoms with Crippen LogP contribution in [0.3, 0.4) is 0 Å². The van der Waals surface area contributed by atoms with Gasteiger partial charge in [0.05, 0.1) is 9.85 Å². The summed E-state index contributed by atoms with van der Waals surface area (Å²) < 4.78 is 0. The molecule has 0 saturated carbocycles. The predicted octanol–water partition coefficient (Wildman–Crippen LogP) is 6.55. The van der Waals surface area contributed by atoms with Gasteiger partial charge in [-0.2, -0.15) is 0 Å². The summed E-state index contributed by atoms with van der Waals surface area (Å²) in [7, 11) is 0. The third kappa shape index (κ3) is 4.12. The highest BCUT2D eigenvalue weighted by Crippen LogP contribution is 2.61. The average molecular weight is 517 g/mol. The van der Waals surface area contributed by atoms with E-state index in [0.717, 1.165) is 44.5 Å². The highest BCUT2D eigenvalue weighted by atomic mass is 16.6. The van der Waals surface area contributed by atoms with E-state index in [2.05, 4.69) is 12.2 Å². The van der Waals surface area contributed by atoms with E-state index in [9.17, 15) is 20.2 Å². The maximum atomic E-state index is 11.2. The van der Waals surface area contributed by atoms with Crippen LogP contribution in [-0.4, -0.2) is 9.85 Å². The number of allylic oxidation sites excluding steroid dienone is 2. The lowest BCUT2D eigenvalue weighted by Gasteiger charge is -2.29. The smallest absolute Gasteiger partial charge is 0.269 e. The number of nitrogen functional groups attached to an aromatic ring is 2. The number of anilines is 2. The van der Waals surface area contributed by atoms with Gasteiger partial charge in [0.25, 0.3) is 11.4 Å². The van der Waals surface area contributed by atoms with Gasteiger partial charge in [-0.1, -0.05) is 24.3 Å². The molecule has 0 saturated heterocycles. The molecule has 2 aliphatic rings. The van der Waals surface area contributed by atoms with E-state index < -0.39 is 15.3 Å². The molecule has 0 atom stereocenters. The van der Waals surface area contributed by atoms with E-state index in [1.165, 1.54) is 24.3 Å². The van der Waals surface area contributed by atoms with Gasteiger partial charge in [-0.3, -0.25) is 20.2 Å². The van der Waals surface area contributed by atoms with Gasteiger partial charge in [-0.15, -0.1) is 0 Å². The summed E-state index contributed by atoms with van der Waals surface area (Å²) in [5, 5.41) is 22.4. The molecule has 1 spiro atoms. The molecule has 2 aliphatic carbocycles. The molecule has 6 rings (SSSR count). The first-order chi connectivity index (χ1) is 18.7. The fraction of sp³-hybridized carbons (Fsp3) is 0.0968. The highest BCUT2D eigenvalue weighted by molar-refractivity contribution is 6.04. The lowest BCUT2D eigenvalue weighted by Crippen LogP contribution is -2.20. The van der Waals surface area contributed by atoms with Crippen molar-refractivity contribution in [3.8, 4) is 0 Å². The third-order valence-corrected chi connectivity index (χ3v) is 7.68. The Balaban J connectivity index is 1.57. The second-order valence-corrected chi connectivity index (χ2v) is 10.1. The van der Waals surface area contributed by atoms with Crippen molar-refractivity contribution in [2.45, 2.75) is 12.8 Å². The summed E-state index contributed by atoms with van der Waals surface area (Å²) in [5.74, 6) is 0. The fourth-order valence-electron chi connectivity index (χ4n) is 5.95. The van der Waals surface area contributed by atoms with Gasteiger partial charge in [0.1, 0.15) is 0 Å². The predicted molar refractivity (Wildman–Crippen MR) is 153 cm³/mol. The number of fused-ring (bicyclic) bond motifs is 2. The molecule has 4 aromatic carbocycles. The Morgan fingerprint density at radius 2 is 1.00 bits per heavy atom. The van der Waals surface area contributed by atoms with Crippen LogP contribution in [0.4, 0.5) is 22.7 Å². The first kappa shape index (κ1) is 24.1. The monoisotopic (exact) mass is 516 g/mol. The molecule has 0 bridgehead atoms. The van der Waals surface area contributed by atoms with E-state index >= 15 is 0 Å². The van der Waals surface area contributed by atoms with E-state index in [1.54, 1.807) is 24.3 Å². The average Bonchev–Trinajstić information content (AvgIpc) is 3.37.